The van der Waals surface area contributed by atoms with Crippen LogP contribution in [0.2, 0.25) is 0 Å². The number of aromatic nitrogens is 1. The van der Waals surface area contributed by atoms with Gasteiger partial charge in [0.1, 0.15) is 0 Å². The van der Waals surface area contributed by atoms with Gasteiger partial charge in [-0.05, 0) is 17.5 Å². The molecular weight excluding hydrogens is 251 g/mol. The first-order chi connectivity index (χ1) is 7.96. The van der Waals surface area contributed by atoms with Crippen molar-refractivity contribution < 1.29 is 18.0 Å². The molecule has 0 saturated carbocycles. The van der Waals surface area contributed by atoms with Gasteiger partial charge in [-0.1, -0.05) is 0 Å². The first-order valence-corrected chi connectivity index (χ1v) is 5.77. The summed E-state index contributed by atoms with van der Waals surface area (Å²) in [6.45, 7) is 0. The smallest absolute Gasteiger partial charge is 0.294 e. The Hall–Kier alpha value is -1.43. The largest absolute Gasteiger partial charge is 0.389 e. The van der Waals surface area contributed by atoms with E-state index in [1.165, 1.54) is 17.5 Å². The number of thiophene rings is 1. The number of carbonyl (C=O) groups is 1. The molecule has 0 unspecified atom stereocenters. The molecule has 90 valence electrons. The highest BCUT2D eigenvalue weighted by atomic mass is 32.1. The number of carbonyl (C=O) groups excluding carboxylic acids is 1. The Morgan fingerprint density at radius 3 is 2.88 bits per heavy atom. The standard InChI is InChI=1S/C11H8F3NOS/c12-11(13,14)3-1-9(16)7-5-10-8(15-6-7)2-4-17-10/h2,4-6H,1,3H2. The van der Waals surface area contributed by atoms with E-state index in [2.05, 4.69) is 4.98 Å². The Kier molecular flexibility index (Phi) is 3.15. The first-order valence-electron chi connectivity index (χ1n) is 4.89. The van der Waals surface area contributed by atoms with Crippen LogP contribution in [-0.4, -0.2) is 16.9 Å². The Balaban J connectivity index is 2.13. The van der Waals surface area contributed by atoms with E-state index in [-0.39, 0.29) is 5.56 Å². The summed E-state index contributed by atoms with van der Waals surface area (Å²) in [6, 6.07) is 3.38. The van der Waals surface area contributed by atoms with Crippen molar-refractivity contribution in [3.05, 3.63) is 29.3 Å². The maximum Gasteiger partial charge on any atom is 0.389 e. The first kappa shape index (κ1) is 12.0. The van der Waals surface area contributed by atoms with Gasteiger partial charge in [-0.15, -0.1) is 11.3 Å². The number of nitrogens with zero attached hydrogens (tertiary/aromatic N) is 1. The van der Waals surface area contributed by atoms with Crippen LogP contribution in [0.4, 0.5) is 13.2 Å². The third-order valence-electron chi connectivity index (χ3n) is 2.26. The molecule has 0 spiro atoms. The van der Waals surface area contributed by atoms with Gasteiger partial charge in [0.25, 0.3) is 0 Å². The molecule has 2 nitrogen and oxygen atoms in total. The summed E-state index contributed by atoms with van der Waals surface area (Å²) < 4.78 is 36.7. The predicted octanol–water partition coefficient (Wildman–Crippen LogP) is 3.82. The molecule has 17 heavy (non-hydrogen) atoms. The van der Waals surface area contributed by atoms with E-state index in [0.717, 1.165) is 10.2 Å². The molecule has 2 aromatic heterocycles. The molecule has 0 saturated heterocycles. The number of ketones is 1. The highest BCUT2D eigenvalue weighted by Gasteiger charge is 2.28. The topological polar surface area (TPSA) is 30.0 Å². The number of fused-ring (bicyclic) bond motifs is 1. The minimum atomic E-state index is -4.30. The van der Waals surface area contributed by atoms with Crippen molar-refractivity contribution in [2.45, 2.75) is 19.0 Å². The summed E-state index contributed by atoms with van der Waals surface area (Å²) >= 11 is 1.41. The molecule has 0 bridgehead atoms. The number of hydrogen-bond donors (Lipinski definition) is 0. The third kappa shape index (κ3) is 3.03. The highest BCUT2D eigenvalue weighted by Crippen LogP contribution is 2.24. The molecule has 6 heteroatoms. The van der Waals surface area contributed by atoms with Crippen LogP contribution in [0.25, 0.3) is 10.2 Å². The van der Waals surface area contributed by atoms with Crippen LogP contribution >= 0.6 is 11.3 Å². The van der Waals surface area contributed by atoms with Gasteiger partial charge in [0, 0.05) is 18.2 Å². The van der Waals surface area contributed by atoms with E-state index in [9.17, 15) is 18.0 Å². The molecular formula is C11H8F3NOS. The molecule has 0 aliphatic rings. The second-order valence-corrected chi connectivity index (χ2v) is 4.51. The number of alkyl halides is 3. The van der Waals surface area contributed by atoms with E-state index in [0.29, 0.717) is 0 Å². The van der Waals surface area contributed by atoms with Crippen molar-refractivity contribution in [2.75, 3.05) is 0 Å². The zero-order valence-electron chi connectivity index (χ0n) is 8.62. The van der Waals surface area contributed by atoms with Gasteiger partial charge < -0.3 is 0 Å². The van der Waals surface area contributed by atoms with Crippen molar-refractivity contribution in [3.8, 4) is 0 Å². The molecule has 0 atom stereocenters. The molecule has 0 aromatic carbocycles. The average Bonchev–Trinajstić information content (AvgIpc) is 2.71. The van der Waals surface area contributed by atoms with Gasteiger partial charge in [0.05, 0.1) is 16.6 Å². The third-order valence-corrected chi connectivity index (χ3v) is 3.11. The van der Waals surface area contributed by atoms with Crippen LogP contribution in [-0.2, 0) is 0 Å². The van der Waals surface area contributed by atoms with Crippen LogP contribution in [0.5, 0.6) is 0 Å². The molecule has 0 fully saturated rings. The van der Waals surface area contributed by atoms with Crippen molar-refractivity contribution in [1.29, 1.82) is 0 Å². The van der Waals surface area contributed by atoms with E-state index in [4.69, 9.17) is 0 Å². The van der Waals surface area contributed by atoms with Crippen LogP contribution in [0.15, 0.2) is 23.7 Å². The maximum absolute atomic E-state index is 12.0. The van der Waals surface area contributed by atoms with Crippen molar-refractivity contribution in [1.82, 2.24) is 4.98 Å². The van der Waals surface area contributed by atoms with Crippen LogP contribution in [0.1, 0.15) is 23.2 Å². The van der Waals surface area contributed by atoms with Crippen LogP contribution in [0.3, 0.4) is 0 Å². The fourth-order valence-electron chi connectivity index (χ4n) is 1.40. The van der Waals surface area contributed by atoms with Gasteiger partial charge in [-0.25, -0.2) is 0 Å². The summed E-state index contributed by atoms with van der Waals surface area (Å²) in [5.41, 5.74) is 0.992. The number of rotatable bonds is 3. The number of Topliss-reactive ketones (excluding diaryl/α,β-unsaturated/α-hetero) is 1. The Bertz CT molecular complexity index is 547. The van der Waals surface area contributed by atoms with E-state index < -0.39 is 24.8 Å². The summed E-state index contributed by atoms with van der Waals surface area (Å²) in [6.07, 6.45) is -4.58. The number of pyridine rings is 1. The molecule has 2 heterocycles. The van der Waals surface area contributed by atoms with E-state index in [1.807, 2.05) is 5.38 Å². The van der Waals surface area contributed by atoms with Crippen LogP contribution in [0, 0.1) is 0 Å². The molecule has 2 aromatic rings. The minimum Gasteiger partial charge on any atom is -0.294 e. The Morgan fingerprint density at radius 1 is 1.41 bits per heavy atom. The van der Waals surface area contributed by atoms with Crippen molar-refractivity contribution in [2.24, 2.45) is 0 Å². The predicted molar refractivity (Wildman–Crippen MR) is 59.2 cm³/mol. The Labute approximate surface area is 99.1 Å². The second kappa shape index (κ2) is 4.44. The SMILES string of the molecule is O=C(CCC(F)(F)F)c1cnc2ccsc2c1. The summed E-state index contributed by atoms with van der Waals surface area (Å²) in [7, 11) is 0. The monoisotopic (exact) mass is 259 g/mol. The van der Waals surface area contributed by atoms with Gasteiger partial charge in [0.2, 0.25) is 0 Å². The van der Waals surface area contributed by atoms with Crippen LogP contribution < -0.4 is 0 Å². The van der Waals surface area contributed by atoms with Crippen molar-refractivity contribution >= 4 is 27.3 Å². The van der Waals surface area contributed by atoms with Crippen molar-refractivity contribution in [3.63, 3.8) is 0 Å². The lowest BCUT2D eigenvalue weighted by molar-refractivity contribution is -0.133. The highest BCUT2D eigenvalue weighted by molar-refractivity contribution is 7.17. The fourth-order valence-corrected chi connectivity index (χ4v) is 2.18. The lowest BCUT2D eigenvalue weighted by Gasteiger charge is -2.05. The lowest BCUT2D eigenvalue weighted by Crippen LogP contribution is -2.11. The summed E-state index contributed by atoms with van der Waals surface area (Å²) in [4.78, 5) is 15.5. The fraction of sp³-hybridized carbons (Fsp3) is 0.273. The minimum absolute atomic E-state index is 0.240. The van der Waals surface area contributed by atoms with Gasteiger partial charge in [-0.2, -0.15) is 13.2 Å². The zero-order chi connectivity index (χ0) is 12.5. The molecule has 0 radical (unpaired) electrons. The lowest BCUT2D eigenvalue weighted by atomic mass is 10.1. The Morgan fingerprint density at radius 2 is 2.18 bits per heavy atom. The quantitative estimate of drug-likeness (QED) is 0.784. The van der Waals surface area contributed by atoms with Gasteiger partial charge >= 0.3 is 6.18 Å². The second-order valence-electron chi connectivity index (χ2n) is 3.57. The normalized spacial score (nSPS) is 11.9. The van der Waals surface area contributed by atoms with E-state index >= 15 is 0 Å². The molecule has 0 amide bonds. The maximum atomic E-state index is 12.0. The zero-order valence-corrected chi connectivity index (χ0v) is 9.44. The molecule has 0 N–H and O–H groups in total. The summed E-state index contributed by atoms with van der Waals surface area (Å²) in [5, 5.41) is 1.82. The molecule has 2 rings (SSSR count). The molecule has 0 aliphatic heterocycles. The summed E-state index contributed by atoms with van der Waals surface area (Å²) in [5.74, 6) is -0.523. The van der Waals surface area contributed by atoms with Gasteiger partial charge in [0.15, 0.2) is 5.78 Å². The van der Waals surface area contributed by atoms with Gasteiger partial charge in [-0.3, -0.25) is 9.78 Å². The number of halogens is 3. The average molecular weight is 259 g/mol. The molecule has 0 aliphatic carbocycles. The number of hydrogen-bond acceptors (Lipinski definition) is 3. The van der Waals surface area contributed by atoms with E-state index in [1.54, 1.807) is 12.1 Å².